The number of fused-ring (bicyclic) bond motifs is 1. The molecule has 0 aliphatic carbocycles. The minimum Gasteiger partial charge on any atom is -0.465 e. The van der Waals surface area contributed by atoms with Crippen molar-refractivity contribution >= 4 is 0 Å². The van der Waals surface area contributed by atoms with E-state index in [-0.39, 0.29) is 0 Å². The van der Waals surface area contributed by atoms with Crippen LogP contribution in [0.5, 0.6) is 0 Å². The lowest BCUT2D eigenvalue weighted by molar-refractivity contribution is 0.211. The molecule has 1 aromatic heterocycles. The second kappa shape index (κ2) is 4.90. The summed E-state index contributed by atoms with van der Waals surface area (Å²) in [4.78, 5) is 5.16. The summed E-state index contributed by atoms with van der Waals surface area (Å²) < 4.78 is 5.70. The van der Waals surface area contributed by atoms with Gasteiger partial charge >= 0.3 is 0 Å². The maximum Gasteiger partial charge on any atom is 0.118 e. The van der Waals surface area contributed by atoms with Crippen molar-refractivity contribution < 1.29 is 4.42 Å². The third-order valence-corrected chi connectivity index (χ3v) is 4.32. The first-order chi connectivity index (χ1) is 8.78. The van der Waals surface area contributed by atoms with E-state index >= 15 is 0 Å². The lowest BCUT2D eigenvalue weighted by Crippen LogP contribution is -2.36. The topological polar surface area (TPSA) is 19.6 Å². The van der Waals surface area contributed by atoms with Crippen molar-refractivity contribution in [1.29, 1.82) is 0 Å². The van der Waals surface area contributed by atoms with Crippen molar-refractivity contribution in [2.45, 2.75) is 38.4 Å². The molecule has 0 N–H and O–H groups in total. The van der Waals surface area contributed by atoms with Crippen molar-refractivity contribution in [2.75, 3.05) is 19.6 Å². The average molecular weight is 246 g/mol. The summed E-state index contributed by atoms with van der Waals surface area (Å²) in [5.74, 6) is 2.12. The molecule has 2 fully saturated rings. The van der Waals surface area contributed by atoms with Gasteiger partial charge in [-0.15, -0.1) is 6.58 Å². The fraction of sp³-hybridized carbons (Fsp3) is 0.600. The Morgan fingerprint density at radius 3 is 2.67 bits per heavy atom. The normalized spacial score (nSPS) is 28.7. The number of rotatable bonds is 4. The van der Waals surface area contributed by atoms with E-state index in [0.717, 1.165) is 36.7 Å². The number of likely N-dealkylation sites (tertiary alicyclic amines) is 2. The smallest absolute Gasteiger partial charge is 0.118 e. The van der Waals surface area contributed by atoms with Crippen LogP contribution in [0.3, 0.4) is 0 Å². The van der Waals surface area contributed by atoms with Gasteiger partial charge in [-0.1, -0.05) is 6.08 Å². The summed E-state index contributed by atoms with van der Waals surface area (Å²) in [5.41, 5.74) is 0. The van der Waals surface area contributed by atoms with Gasteiger partial charge in [0, 0.05) is 31.7 Å². The first-order valence-electron chi connectivity index (χ1n) is 6.92. The van der Waals surface area contributed by atoms with Crippen LogP contribution in [0.4, 0.5) is 0 Å². The first-order valence-corrected chi connectivity index (χ1v) is 6.92. The van der Waals surface area contributed by atoms with Crippen molar-refractivity contribution in [3.8, 4) is 0 Å². The van der Waals surface area contributed by atoms with Crippen LogP contribution in [0.15, 0.2) is 29.2 Å². The van der Waals surface area contributed by atoms with Crippen molar-refractivity contribution in [1.82, 2.24) is 9.80 Å². The minimum absolute atomic E-state index is 0.718. The van der Waals surface area contributed by atoms with Crippen LogP contribution in [0.1, 0.15) is 24.4 Å². The molecule has 0 aromatic carbocycles. The Balaban J connectivity index is 1.64. The molecule has 2 aliphatic rings. The SMILES string of the molecule is C=CCN1CC[C@@H]2[C@@H]1CCN2Cc1ccc(C)o1. The number of nitrogens with zero attached hydrogens (tertiary/aromatic N) is 2. The second-order valence-corrected chi connectivity index (χ2v) is 5.48. The molecule has 0 amide bonds. The molecule has 3 nitrogen and oxygen atoms in total. The quantitative estimate of drug-likeness (QED) is 0.761. The maximum atomic E-state index is 5.70. The van der Waals surface area contributed by atoms with Gasteiger partial charge in [0.05, 0.1) is 6.54 Å². The van der Waals surface area contributed by atoms with Gasteiger partial charge in [0.2, 0.25) is 0 Å². The third-order valence-electron chi connectivity index (χ3n) is 4.32. The van der Waals surface area contributed by atoms with Gasteiger partial charge in [0.25, 0.3) is 0 Å². The summed E-state index contributed by atoms with van der Waals surface area (Å²) in [5, 5.41) is 0. The van der Waals surface area contributed by atoms with Crippen LogP contribution in [0, 0.1) is 6.92 Å². The highest BCUT2D eigenvalue weighted by atomic mass is 16.3. The van der Waals surface area contributed by atoms with Gasteiger partial charge in [0.1, 0.15) is 11.5 Å². The average Bonchev–Trinajstić information content (AvgIpc) is 3.01. The van der Waals surface area contributed by atoms with E-state index in [2.05, 4.69) is 28.5 Å². The lowest BCUT2D eigenvalue weighted by Gasteiger charge is -2.24. The first kappa shape index (κ1) is 12.0. The Morgan fingerprint density at radius 1 is 1.28 bits per heavy atom. The van der Waals surface area contributed by atoms with E-state index in [4.69, 9.17) is 4.42 Å². The summed E-state index contributed by atoms with van der Waals surface area (Å²) in [7, 11) is 0. The molecule has 98 valence electrons. The van der Waals surface area contributed by atoms with Gasteiger partial charge in [-0.2, -0.15) is 0 Å². The number of hydrogen-bond acceptors (Lipinski definition) is 3. The highest BCUT2D eigenvalue weighted by Crippen LogP contribution is 2.32. The van der Waals surface area contributed by atoms with E-state index in [0.29, 0.717) is 0 Å². The van der Waals surface area contributed by atoms with E-state index in [1.807, 2.05) is 13.0 Å². The van der Waals surface area contributed by atoms with Crippen LogP contribution in [0.25, 0.3) is 0 Å². The zero-order valence-electron chi connectivity index (χ0n) is 11.1. The molecule has 18 heavy (non-hydrogen) atoms. The van der Waals surface area contributed by atoms with Crippen LogP contribution >= 0.6 is 0 Å². The molecule has 0 bridgehead atoms. The van der Waals surface area contributed by atoms with Crippen LogP contribution in [-0.2, 0) is 6.54 Å². The van der Waals surface area contributed by atoms with E-state index in [1.165, 1.54) is 25.9 Å². The predicted molar refractivity (Wildman–Crippen MR) is 72.4 cm³/mol. The highest BCUT2D eigenvalue weighted by Gasteiger charge is 2.41. The van der Waals surface area contributed by atoms with Crippen LogP contribution in [0.2, 0.25) is 0 Å². The fourth-order valence-electron chi connectivity index (χ4n) is 3.52. The van der Waals surface area contributed by atoms with Crippen molar-refractivity contribution in [2.24, 2.45) is 0 Å². The summed E-state index contributed by atoms with van der Waals surface area (Å²) in [6.07, 6.45) is 4.61. The van der Waals surface area contributed by atoms with Gasteiger partial charge in [-0.05, 0) is 31.9 Å². The Morgan fingerprint density at radius 2 is 2.00 bits per heavy atom. The van der Waals surface area contributed by atoms with E-state index in [1.54, 1.807) is 0 Å². The molecule has 0 radical (unpaired) electrons. The Kier molecular flexibility index (Phi) is 3.27. The molecule has 2 saturated heterocycles. The van der Waals surface area contributed by atoms with Crippen LogP contribution in [-0.4, -0.2) is 41.5 Å². The molecule has 1 aromatic rings. The standard InChI is InChI=1S/C15H22N2O/c1-3-8-16-9-6-15-14(16)7-10-17(15)11-13-5-4-12(2)18-13/h3-5,14-15H,1,6-11H2,2H3/t14-,15+/m0/s1. The van der Waals surface area contributed by atoms with E-state index in [9.17, 15) is 0 Å². The van der Waals surface area contributed by atoms with Crippen molar-refractivity contribution in [3.05, 3.63) is 36.3 Å². The molecule has 3 heteroatoms. The van der Waals surface area contributed by atoms with Gasteiger partial charge in [0.15, 0.2) is 0 Å². The minimum atomic E-state index is 0.718. The van der Waals surface area contributed by atoms with Gasteiger partial charge in [-0.25, -0.2) is 0 Å². The van der Waals surface area contributed by atoms with Gasteiger partial charge < -0.3 is 4.42 Å². The summed E-state index contributed by atoms with van der Waals surface area (Å²) >= 11 is 0. The largest absolute Gasteiger partial charge is 0.465 e. The second-order valence-electron chi connectivity index (χ2n) is 5.48. The molecular formula is C15H22N2O. The summed E-state index contributed by atoms with van der Waals surface area (Å²) in [6, 6.07) is 5.62. The van der Waals surface area contributed by atoms with Crippen molar-refractivity contribution in [3.63, 3.8) is 0 Å². The zero-order valence-corrected chi connectivity index (χ0v) is 11.1. The molecule has 3 rings (SSSR count). The fourth-order valence-corrected chi connectivity index (χ4v) is 3.52. The highest BCUT2D eigenvalue weighted by molar-refractivity contribution is 5.08. The number of furan rings is 1. The Hall–Kier alpha value is -1.06. The monoisotopic (exact) mass is 246 g/mol. The molecule has 2 atom stereocenters. The number of aryl methyl sites for hydroxylation is 1. The van der Waals surface area contributed by atoms with Crippen LogP contribution < -0.4 is 0 Å². The predicted octanol–water partition coefficient (Wildman–Crippen LogP) is 2.42. The maximum absolute atomic E-state index is 5.70. The van der Waals surface area contributed by atoms with Gasteiger partial charge in [-0.3, -0.25) is 9.80 Å². The Bertz CT molecular complexity index is 426. The number of hydrogen-bond donors (Lipinski definition) is 0. The lowest BCUT2D eigenvalue weighted by atomic mass is 10.1. The molecule has 3 heterocycles. The molecular weight excluding hydrogens is 224 g/mol. The third kappa shape index (κ3) is 2.13. The summed E-state index contributed by atoms with van der Waals surface area (Å²) in [6.45, 7) is 10.3. The van der Waals surface area contributed by atoms with E-state index < -0.39 is 0 Å². The zero-order chi connectivity index (χ0) is 12.5. The molecule has 0 spiro atoms. The molecule has 0 unspecified atom stereocenters. The Labute approximate surface area is 109 Å². The molecule has 0 saturated carbocycles. The molecule has 2 aliphatic heterocycles.